The highest BCUT2D eigenvalue weighted by molar-refractivity contribution is 7.94. The van der Waals surface area contributed by atoms with Gasteiger partial charge < -0.3 is 0 Å². The molecular formula is C14H16N2O2S. The average Bonchev–Trinajstić information content (AvgIpc) is 2.47. The minimum atomic E-state index is -3.58. The van der Waals surface area contributed by atoms with Gasteiger partial charge >= 0.3 is 10.2 Å². The van der Waals surface area contributed by atoms with Gasteiger partial charge in [-0.25, -0.2) is 0 Å². The Labute approximate surface area is 114 Å². The SMILES string of the molecule is CN(c1ccccc1)S(=O)(=O)N(C)c1ccccc1. The van der Waals surface area contributed by atoms with Crippen molar-refractivity contribution in [1.29, 1.82) is 0 Å². The Morgan fingerprint density at radius 3 is 1.32 bits per heavy atom. The number of benzene rings is 2. The van der Waals surface area contributed by atoms with Crippen molar-refractivity contribution in [2.75, 3.05) is 22.7 Å². The lowest BCUT2D eigenvalue weighted by Gasteiger charge is -2.27. The molecule has 0 bridgehead atoms. The summed E-state index contributed by atoms with van der Waals surface area (Å²) in [5.41, 5.74) is 1.26. The highest BCUT2D eigenvalue weighted by atomic mass is 32.2. The van der Waals surface area contributed by atoms with Crippen molar-refractivity contribution in [3.8, 4) is 0 Å². The summed E-state index contributed by atoms with van der Waals surface area (Å²) >= 11 is 0. The molecule has 0 aliphatic rings. The van der Waals surface area contributed by atoms with E-state index in [-0.39, 0.29) is 0 Å². The van der Waals surface area contributed by atoms with Gasteiger partial charge in [-0.15, -0.1) is 0 Å². The fourth-order valence-corrected chi connectivity index (χ4v) is 2.87. The quantitative estimate of drug-likeness (QED) is 0.861. The third-order valence-electron chi connectivity index (χ3n) is 2.93. The van der Waals surface area contributed by atoms with E-state index in [1.807, 2.05) is 36.4 Å². The third kappa shape index (κ3) is 2.71. The molecule has 0 atom stereocenters. The zero-order chi connectivity index (χ0) is 13.9. The smallest absolute Gasteiger partial charge is 0.256 e. The van der Waals surface area contributed by atoms with Gasteiger partial charge in [-0.2, -0.15) is 8.42 Å². The Hall–Kier alpha value is -2.01. The van der Waals surface area contributed by atoms with Crippen LogP contribution < -0.4 is 8.61 Å². The molecule has 0 fully saturated rings. The molecule has 0 aliphatic heterocycles. The number of anilines is 2. The zero-order valence-corrected chi connectivity index (χ0v) is 11.7. The summed E-state index contributed by atoms with van der Waals surface area (Å²) in [6, 6.07) is 18.0. The molecular weight excluding hydrogens is 260 g/mol. The second-order valence-electron chi connectivity index (χ2n) is 4.11. The first-order chi connectivity index (χ1) is 9.03. The van der Waals surface area contributed by atoms with Crippen LogP contribution in [0.4, 0.5) is 11.4 Å². The van der Waals surface area contributed by atoms with Crippen molar-refractivity contribution in [2.45, 2.75) is 0 Å². The lowest BCUT2D eigenvalue weighted by Crippen LogP contribution is -2.39. The van der Waals surface area contributed by atoms with E-state index in [0.717, 1.165) is 0 Å². The van der Waals surface area contributed by atoms with Gasteiger partial charge in [0.05, 0.1) is 11.4 Å². The maximum Gasteiger partial charge on any atom is 0.325 e. The van der Waals surface area contributed by atoms with E-state index >= 15 is 0 Å². The summed E-state index contributed by atoms with van der Waals surface area (Å²) in [4.78, 5) is 0. The minimum Gasteiger partial charge on any atom is -0.256 e. The lowest BCUT2D eigenvalue weighted by molar-refractivity contribution is 0.592. The minimum absolute atomic E-state index is 0.630. The van der Waals surface area contributed by atoms with Gasteiger partial charge in [-0.05, 0) is 24.3 Å². The Morgan fingerprint density at radius 2 is 1.00 bits per heavy atom. The van der Waals surface area contributed by atoms with Crippen LogP contribution in [0, 0.1) is 0 Å². The predicted molar refractivity (Wildman–Crippen MR) is 78.6 cm³/mol. The molecule has 2 rings (SSSR count). The fourth-order valence-electron chi connectivity index (χ4n) is 1.73. The molecule has 0 heterocycles. The van der Waals surface area contributed by atoms with Crippen molar-refractivity contribution < 1.29 is 8.42 Å². The van der Waals surface area contributed by atoms with Crippen LogP contribution >= 0.6 is 0 Å². The van der Waals surface area contributed by atoms with Crippen molar-refractivity contribution in [1.82, 2.24) is 0 Å². The number of hydrogen-bond acceptors (Lipinski definition) is 2. The molecule has 4 nitrogen and oxygen atoms in total. The first kappa shape index (κ1) is 13.4. The number of rotatable bonds is 4. The molecule has 0 amide bonds. The summed E-state index contributed by atoms with van der Waals surface area (Å²) in [6.45, 7) is 0. The maximum atomic E-state index is 12.5. The molecule has 0 radical (unpaired) electrons. The van der Waals surface area contributed by atoms with Crippen molar-refractivity contribution in [2.24, 2.45) is 0 Å². The van der Waals surface area contributed by atoms with Gasteiger partial charge in [-0.1, -0.05) is 36.4 Å². The van der Waals surface area contributed by atoms with E-state index in [9.17, 15) is 8.42 Å². The predicted octanol–water partition coefficient (Wildman–Crippen LogP) is 2.50. The van der Waals surface area contributed by atoms with Crippen LogP contribution in [0.15, 0.2) is 60.7 Å². The van der Waals surface area contributed by atoms with Crippen molar-refractivity contribution in [3.05, 3.63) is 60.7 Å². The van der Waals surface area contributed by atoms with Gasteiger partial charge in [0.15, 0.2) is 0 Å². The largest absolute Gasteiger partial charge is 0.325 e. The van der Waals surface area contributed by atoms with Gasteiger partial charge in [0.25, 0.3) is 0 Å². The standard InChI is InChI=1S/C14H16N2O2S/c1-15(13-9-5-3-6-10-13)19(17,18)16(2)14-11-7-4-8-12-14/h3-12H,1-2H3. The van der Waals surface area contributed by atoms with E-state index in [4.69, 9.17) is 0 Å². The van der Waals surface area contributed by atoms with E-state index in [1.54, 1.807) is 38.4 Å². The second-order valence-corrected chi connectivity index (χ2v) is 6.10. The Morgan fingerprint density at radius 1 is 0.684 bits per heavy atom. The molecule has 0 spiro atoms. The van der Waals surface area contributed by atoms with Crippen LogP contribution in [0.3, 0.4) is 0 Å². The molecule has 0 aromatic heterocycles. The summed E-state index contributed by atoms with van der Waals surface area (Å²) in [5, 5.41) is 0. The normalized spacial score (nSPS) is 11.1. The molecule has 0 N–H and O–H groups in total. The molecule has 0 saturated carbocycles. The van der Waals surface area contributed by atoms with Gasteiger partial charge in [-0.3, -0.25) is 8.61 Å². The summed E-state index contributed by atoms with van der Waals surface area (Å²) in [7, 11) is -0.487. The van der Waals surface area contributed by atoms with Gasteiger partial charge in [0, 0.05) is 14.1 Å². The molecule has 0 saturated heterocycles. The van der Waals surface area contributed by atoms with Crippen LogP contribution in [0.25, 0.3) is 0 Å². The van der Waals surface area contributed by atoms with Crippen LogP contribution in [-0.4, -0.2) is 22.5 Å². The highest BCUT2D eigenvalue weighted by Crippen LogP contribution is 2.21. The average molecular weight is 276 g/mol. The Kier molecular flexibility index (Phi) is 3.76. The van der Waals surface area contributed by atoms with E-state index < -0.39 is 10.2 Å². The molecule has 0 aliphatic carbocycles. The second kappa shape index (κ2) is 5.32. The van der Waals surface area contributed by atoms with Crippen LogP contribution in [0.5, 0.6) is 0 Å². The lowest BCUT2D eigenvalue weighted by atomic mass is 10.3. The van der Waals surface area contributed by atoms with Crippen LogP contribution in [-0.2, 0) is 10.2 Å². The fraction of sp³-hybridized carbons (Fsp3) is 0.143. The van der Waals surface area contributed by atoms with E-state index in [0.29, 0.717) is 11.4 Å². The van der Waals surface area contributed by atoms with E-state index in [1.165, 1.54) is 8.61 Å². The molecule has 19 heavy (non-hydrogen) atoms. The van der Waals surface area contributed by atoms with Crippen molar-refractivity contribution in [3.63, 3.8) is 0 Å². The number of hydrogen-bond donors (Lipinski definition) is 0. The summed E-state index contributed by atoms with van der Waals surface area (Å²) in [5.74, 6) is 0. The zero-order valence-electron chi connectivity index (χ0n) is 10.9. The van der Waals surface area contributed by atoms with E-state index in [2.05, 4.69) is 0 Å². The summed E-state index contributed by atoms with van der Waals surface area (Å²) in [6.07, 6.45) is 0. The maximum absolute atomic E-state index is 12.5. The molecule has 2 aromatic rings. The number of para-hydroxylation sites is 2. The Balaban J connectivity index is 2.33. The first-order valence-corrected chi connectivity index (χ1v) is 7.26. The molecule has 2 aromatic carbocycles. The van der Waals surface area contributed by atoms with Crippen LogP contribution in [0.2, 0.25) is 0 Å². The molecule has 100 valence electrons. The molecule has 0 unspecified atom stereocenters. The Bertz CT molecular complexity index is 576. The van der Waals surface area contributed by atoms with Gasteiger partial charge in [0.2, 0.25) is 0 Å². The monoisotopic (exact) mass is 276 g/mol. The van der Waals surface area contributed by atoms with Crippen molar-refractivity contribution >= 4 is 21.6 Å². The summed E-state index contributed by atoms with van der Waals surface area (Å²) < 4.78 is 27.5. The van der Waals surface area contributed by atoms with Crippen LogP contribution in [0.1, 0.15) is 0 Å². The third-order valence-corrected chi connectivity index (χ3v) is 4.74. The van der Waals surface area contributed by atoms with Gasteiger partial charge in [0.1, 0.15) is 0 Å². The first-order valence-electron chi connectivity index (χ1n) is 5.86. The number of nitrogens with zero attached hydrogens (tertiary/aromatic N) is 2. The topological polar surface area (TPSA) is 40.6 Å². The molecule has 5 heteroatoms. The highest BCUT2D eigenvalue weighted by Gasteiger charge is 2.24.